The number of nitrogens with one attached hydrogen (secondary N) is 1. The quantitative estimate of drug-likeness (QED) is 0.661. The summed E-state index contributed by atoms with van der Waals surface area (Å²) in [6.07, 6.45) is 0.509. The van der Waals surface area contributed by atoms with Gasteiger partial charge in [0.15, 0.2) is 0 Å². The summed E-state index contributed by atoms with van der Waals surface area (Å²) in [6.45, 7) is 7.12. The van der Waals surface area contributed by atoms with Crippen LogP contribution in [0.4, 0.5) is 5.69 Å². The zero-order valence-electron chi connectivity index (χ0n) is 18.1. The minimum Gasteiger partial charge on any atom is -0.339 e. The molecule has 0 saturated heterocycles. The van der Waals surface area contributed by atoms with E-state index in [4.69, 9.17) is 0 Å². The molecule has 1 aliphatic rings. The van der Waals surface area contributed by atoms with Crippen LogP contribution >= 0.6 is 0 Å². The molecule has 7 nitrogen and oxygen atoms in total. The van der Waals surface area contributed by atoms with E-state index in [2.05, 4.69) is 5.32 Å². The summed E-state index contributed by atoms with van der Waals surface area (Å²) < 4.78 is 0. The standard InChI is InChI=1S/C24H27N3O4/c1-4-26(5-2)22(29)17-8-6-9-18(15-17)25-21(28)10-7-13-27-23(30)19-12-11-16(3)14-20(19)24(27)31/h6,8-9,11-12,14-15H,4-5,7,10,13H2,1-3H3,(H,25,28). The number of imide groups is 1. The highest BCUT2D eigenvalue weighted by atomic mass is 16.2. The van der Waals surface area contributed by atoms with Gasteiger partial charge in [-0.25, -0.2) is 0 Å². The number of benzene rings is 2. The molecule has 0 atom stereocenters. The molecular weight excluding hydrogens is 394 g/mol. The highest BCUT2D eigenvalue weighted by Crippen LogP contribution is 2.24. The van der Waals surface area contributed by atoms with E-state index < -0.39 is 0 Å². The maximum absolute atomic E-state index is 12.5. The van der Waals surface area contributed by atoms with E-state index in [1.807, 2.05) is 20.8 Å². The maximum atomic E-state index is 12.5. The van der Waals surface area contributed by atoms with Gasteiger partial charge in [-0.1, -0.05) is 17.7 Å². The van der Waals surface area contributed by atoms with E-state index in [9.17, 15) is 19.2 Å². The van der Waals surface area contributed by atoms with E-state index in [0.29, 0.717) is 41.9 Å². The van der Waals surface area contributed by atoms with Crippen molar-refractivity contribution in [3.05, 3.63) is 64.7 Å². The summed E-state index contributed by atoms with van der Waals surface area (Å²) >= 11 is 0. The van der Waals surface area contributed by atoms with Gasteiger partial charge in [0, 0.05) is 37.3 Å². The van der Waals surface area contributed by atoms with Crippen molar-refractivity contribution < 1.29 is 19.2 Å². The van der Waals surface area contributed by atoms with Crippen LogP contribution in [0.15, 0.2) is 42.5 Å². The molecule has 0 aliphatic carbocycles. The van der Waals surface area contributed by atoms with Crippen molar-refractivity contribution in [2.24, 2.45) is 0 Å². The Morgan fingerprint density at radius 3 is 2.39 bits per heavy atom. The van der Waals surface area contributed by atoms with Gasteiger partial charge in [-0.2, -0.15) is 0 Å². The lowest BCUT2D eigenvalue weighted by Gasteiger charge is -2.19. The number of rotatable bonds is 8. The second-order valence-corrected chi connectivity index (χ2v) is 7.52. The number of amides is 4. The molecule has 0 spiro atoms. The first kappa shape index (κ1) is 22.2. The Balaban J connectivity index is 1.55. The molecule has 0 fully saturated rings. The van der Waals surface area contributed by atoms with Gasteiger partial charge in [0.25, 0.3) is 17.7 Å². The van der Waals surface area contributed by atoms with Gasteiger partial charge in [-0.05, 0) is 57.5 Å². The number of nitrogens with zero attached hydrogens (tertiary/aromatic N) is 2. The van der Waals surface area contributed by atoms with Crippen LogP contribution in [-0.4, -0.2) is 53.1 Å². The number of fused-ring (bicyclic) bond motifs is 1. The van der Waals surface area contributed by atoms with Gasteiger partial charge in [-0.15, -0.1) is 0 Å². The fraction of sp³-hybridized carbons (Fsp3) is 0.333. The number of anilines is 1. The highest BCUT2D eigenvalue weighted by Gasteiger charge is 2.34. The van der Waals surface area contributed by atoms with Crippen molar-refractivity contribution >= 4 is 29.3 Å². The first-order chi connectivity index (χ1) is 14.8. The van der Waals surface area contributed by atoms with Gasteiger partial charge < -0.3 is 10.2 Å². The van der Waals surface area contributed by atoms with Crippen molar-refractivity contribution in [1.29, 1.82) is 0 Å². The fourth-order valence-corrected chi connectivity index (χ4v) is 3.65. The van der Waals surface area contributed by atoms with Crippen molar-refractivity contribution in [2.45, 2.75) is 33.6 Å². The first-order valence-corrected chi connectivity index (χ1v) is 10.5. The highest BCUT2D eigenvalue weighted by molar-refractivity contribution is 6.21. The predicted molar refractivity (Wildman–Crippen MR) is 118 cm³/mol. The van der Waals surface area contributed by atoms with Crippen LogP contribution in [0.3, 0.4) is 0 Å². The lowest BCUT2D eigenvalue weighted by atomic mass is 10.1. The molecule has 7 heteroatoms. The summed E-state index contributed by atoms with van der Waals surface area (Å²) in [4.78, 5) is 52.7. The maximum Gasteiger partial charge on any atom is 0.261 e. The van der Waals surface area contributed by atoms with Crippen LogP contribution in [0, 0.1) is 6.92 Å². The zero-order chi connectivity index (χ0) is 22.5. The molecular formula is C24H27N3O4. The Kier molecular flexibility index (Phi) is 6.84. The average Bonchev–Trinajstić information content (AvgIpc) is 2.99. The number of carbonyl (C=O) groups is 4. The van der Waals surface area contributed by atoms with Gasteiger partial charge in [0.05, 0.1) is 11.1 Å². The number of hydrogen-bond acceptors (Lipinski definition) is 4. The summed E-state index contributed by atoms with van der Waals surface area (Å²) in [6, 6.07) is 12.0. The van der Waals surface area contributed by atoms with Crippen LogP contribution in [0.1, 0.15) is 63.3 Å². The van der Waals surface area contributed by atoms with E-state index in [-0.39, 0.29) is 36.6 Å². The molecule has 0 saturated carbocycles. The van der Waals surface area contributed by atoms with Gasteiger partial charge in [-0.3, -0.25) is 24.1 Å². The van der Waals surface area contributed by atoms with Crippen molar-refractivity contribution in [3.8, 4) is 0 Å². The average molecular weight is 421 g/mol. The Morgan fingerprint density at radius 1 is 0.968 bits per heavy atom. The largest absolute Gasteiger partial charge is 0.339 e. The lowest BCUT2D eigenvalue weighted by molar-refractivity contribution is -0.116. The molecule has 31 heavy (non-hydrogen) atoms. The first-order valence-electron chi connectivity index (χ1n) is 10.5. The van der Waals surface area contributed by atoms with Crippen LogP contribution in [0.25, 0.3) is 0 Å². The third-order valence-corrected chi connectivity index (χ3v) is 5.36. The minimum atomic E-state index is -0.317. The summed E-state index contributed by atoms with van der Waals surface area (Å²) in [7, 11) is 0. The normalized spacial score (nSPS) is 12.7. The molecule has 1 aliphatic heterocycles. The predicted octanol–water partition coefficient (Wildman–Crippen LogP) is 3.49. The van der Waals surface area contributed by atoms with E-state index in [1.165, 1.54) is 4.90 Å². The molecule has 0 radical (unpaired) electrons. The molecule has 2 aromatic carbocycles. The summed E-state index contributed by atoms with van der Waals surface area (Å²) in [5.41, 5.74) is 2.81. The smallest absolute Gasteiger partial charge is 0.261 e. The van der Waals surface area contributed by atoms with Crippen LogP contribution < -0.4 is 5.32 Å². The number of aryl methyl sites for hydroxylation is 1. The molecule has 0 aromatic heterocycles. The Bertz CT molecular complexity index is 1030. The van der Waals surface area contributed by atoms with Crippen LogP contribution in [0.2, 0.25) is 0 Å². The van der Waals surface area contributed by atoms with Gasteiger partial charge >= 0.3 is 0 Å². The van der Waals surface area contributed by atoms with E-state index >= 15 is 0 Å². The molecule has 4 amide bonds. The van der Waals surface area contributed by atoms with Crippen LogP contribution in [0.5, 0.6) is 0 Å². The monoisotopic (exact) mass is 421 g/mol. The lowest BCUT2D eigenvalue weighted by Crippen LogP contribution is -2.31. The van der Waals surface area contributed by atoms with Crippen molar-refractivity contribution in [2.75, 3.05) is 25.0 Å². The Hall–Kier alpha value is -3.48. The Labute approximate surface area is 182 Å². The van der Waals surface area contributed by atoms with Gasteiger partial charge in [0.2, 0.25) is 5.91 Å². The summed E-state index contributed by atoms with van der Waals surface area (Å²) in [5, 5.41) is 2.79. The van der Waals surface area contributed by atoms with Crippen molar-refractivity contribution in [1.82, 2.24) is 9.80 Å². The molecule has 1 heterocycles. The second kappa shape index (κ2) is 9.55. The molecule has 3 rings (SSSR count). The van der Waals surface area contributed by atoms with Crippen molar-refractivity contribution in [3.63, 3.8) is 0 Å². The number of hydrogen-bond donors (Lipinski definition) is 1. The summed E-state index contributed by atoms with van der Waals surface area (Å²) in [5.74, 6) is -0.948. The Morgan fingerprint density at radius 2 is 1.68 bits per heavy atom. The van der Waals surface area contributed by atoms with Crippen LogP contribution in [-0.2, 0) is 4.79 Å². The SMILES string of the molecule is CCN(CC)C(=O)c1cccc(NC(=O)CCCN2C(=O)c3ccc(C)cc3C2=O)c1. The third kappa shape index (κ3) is 4.82. The molecule has 2 aromatic rings. The van der Waals surface area contributed by atoms with E-state index in [0.717, 1.165) is 5.56 Å². The fourth-order valence-electron chi connectivity index (χ4n) is 3.65. The van der Waals surface area contributed by atoms with E-state index in [1.54, 1.807) is 47.4 Å². The molecule has 1 N–H and O–H groups in total. The minimum absolute atomic E-state index is 0.0815. The molecule has 162 valence electrons. The third-order valence-electron chi connectivity index (χ3n) is 5.36. The molecule has 0 unspecified atom stereocenters. The molecule has 0 bridgehead atoms. The number of carbonyl (C=O) groups excluding carboxylic acids is 4. The zero-order valence-corrected chi connectivity index (χ0v) is 18.1. The topological polar surface area (TPSA) is 86.8 Å². The second-order valence-electron chi connectivity index (χ2n) is 7.52. The van der Waals surface area contributed by atoms with Gasteiger partial charge in [0.1, 0.15) is 0 Å².